The van der Waals surface area contributed by atoms with Gasteiger partial charge in [-0.3, -0.25) is 9.59 Å². The Kier molecular flexibility index (Phi) is 7.00. The fraction of sp³-hybridized carbons (Fsp3) is 0.600. The molecular weight excluding hydrogens is 314 g/mol. The maximum absolute atomic E-state index is 12.7. The second kappa shape index (κ2) is 8.99. The maximum atomic E-state index is 12.7. The lowest BCUT2D eigenvalue weighted by Gasteiger charge is -2.28. The molecule has 1 saturated heterocycles. The van der Waals surface area contributed by atoms with Gasteiger partial charge < -0.3 is 15.1 Å². The number of aryl methyl sites for hydroxylation is 1. The van der Waals surface area contributed by atoms with Crippen molar-refractivity contribution in [3.05, 3.63) is 35.4 Å². The molecule has 1 aromatic carbocycles. The van der Waals surface area contributed by atoms with Crippen LogP contribution in [0.5, 0.6) is 0 Å². The topological polar surface area (TPSA) is 52.7 Å². The molecule has 0 aromatic heterocycles. The second-order valence-corrected chi connectivity index (χ2v) is 7.13. The van der Waals surface area contributed by atoms with Gasteiger partial charge in [0.05, 0.1) is 6.04 Å². The Morgan fingerprint density at radius 2 is 1.96 bits per heavy atom. The molecule has 0 saturated carbocycles. The van der Waals surface area contributed by atoms with Gasteiger partial charge in [0.25, 0.3) is 0 Å². The van der Waals surface area contributed by atoms with Gasteiger partial charge in [-0.15, -0.1) is 0 Å². The summed E-state index contributed by atoms with van der Waals surface area (Å²) in [5, 5.41) is 3.07. The zero-order valence-electron chi connectivity index (χ0n) is 15.9. The summed E-state index contributed by atoms with van der Waals surface area (Å²) >= 11 is 0. The van der Waals surface area contributed by atoms with Crippen LogP contribution in [0.1, 0.15) is 49.8 Å². The minimum absolute atomic E-state index is 0.0269. The second-order valence-electron chi connectivity index (χ2n) is 7.13. The van der Waals surface area contributed by atoms with E-state index in [1.165, 1.54) is 11.1 Å². The van der Waals surface area contributed by atoms with Gasteiger partial charge in [-0.05, 0) is 45.8 Å². The van der Waals surface area contributed by atoms with Crippen LogP contribution in [0.3, 0.4) is 0 Å². The average Bonchev–Trinajstić information content (AvgIpc) is 3.06. The summed E-state index contributed by atoms with van der Waals surface area (Å²) in [7, 11) is 4.03. The summed E-state index contributed by atoms with van der Waals surface area (Å²) in [5.74, 6) is 0.0729. The minimum Gasteiger partial charge on any atom is -0.352 e. The average molecular weight is 345 g/mol. The lowest BCUT2D eigenvalue weighted by molar-refractivity contribution is -0.138. The molecule has 0 aliphatic carbocycles. The van der Waals surface area contributed by atoms with Gasteiger partial charge in [0, 0.05) is 19.5 Å². The van der Waals surface area contributed by atoms with E-state index in [0.29, 0.717) is 19.5 Å². The van der Waals surface area contributed by atoms with Crippen molar-refractivity contribution < 1.29 is 9.59 Å². The Balaban J connectivity index is 1.98. The zero-order valence-corrected chi connectivity index (χ0v) is 15.9. The first-order chi connectivity index (χ1) is 11.9. The number of nitrogens with zero attached hydrogens (tertiary/aromatic N) is 2. The van der Waals surface area contributed by atoms with Crippen LogP contribution >= 0.6 is 0 Å². The van der Waals surface area contributed by atoms with Crippen LogP contribution in [0, 0.1) is 6.92 Å². The van der Waals surface area contributed by atoms with Crippen LogP contribution < -0.4 is 5.32 Å². The first kappa shape index (κ1) is 19.4. The van der Waals surface area contributed by atoms with E-state index in [-0.39, 0.29) is 23.9 Å². The van der Waals surface area contributed by atoms with Gasteiger partial charge in [-0.2, -0.15) is 0 Å². The highest BCUT2D eigenvalue weighted by Crippen LogP contribution is 2.21. The first-order valence-corrected chi connectivity index (χ1v) is 9.24. The molecule has 5 nitrogen and oxygen atoms in total. The quantitative estimate of drug-likeness (QED) is 0.826. The van der Waals surface area contributed by atoms with Crippen molar-refractivity contribution in [2.45, 2.75) is 51.6 Å². The molecule has 1 aromatic rings. The van der Waals surface area contributed by atoms with E-state index in [1.807, 2.05) is 21.0 Å². The molecule has 1 heterocycles. The fourth-order valence-corrected chi connectivity index (χ4v) is 3.40. The van der Waals surface area contributed by atoms with E-state index in [4.69, 9.17) is 0 Å². The largest absolute Gasteiger partial charge is 0.352 e. The molecule has 1 aliphatic rings. The molecular formula is C20H31N3O2. The van der Waals surface area contributed by atoms with E-state index in [2.05, 4.69) is 41.4 Å². The monoisotopic (exact) mass is 345 g/mol. The molecule has 0 bridgehead atoms. The van der Waals surface area contributed by atoms with Crippen LogP contribution in [0.25, 0.3) is 0 Å². The Bertz CT molecular complexity index is 583. The van der Waals surface area contributed by atoms with Crippen molar-refractivity contribution in [3.8, 4) is 0 Å². The summed E-state index contributed by atoms with van der Waals surface area (Å²) in [6, 6.07) is 8.22. The molecule has 0 unspecified atom stereocenters. The van der Waals surface area contributed by atoms with Crippen molar-refractivity contribution in [3.63, 3.8) is 0 Å². The molecule has 0 radical (unpaired) electrons. The number of rotatable bonds is 7. The molecule has 1 fully saturated rings. The number of amides is 2. The Labute approximate surface area is 151 Å². The highest BCUT2D eigenvalue weighted by Gasteiger charge is 2.33. The van der Waals surface area contributed by atoms with Crippen LogP contribution in [0.4, 0.5) is 0 Å². The third-order valence-electron chi connectivity index (χ3n) is 4.89. The molecule has 5 heteroatoms. The van der Waals surface area contributed by atoms with Crippen molar-refractivity contribution in [1.82, 2.24) is 15.1 Å². The highest BCUT2D eigenvalue weighted by molar-refractivity contribution is 5.88. The molecule has 25 heavy (non-hydrogen) atoms. The molecule has 0 spiro atoms. The van der Waals surface area contributed by atoms with Gasteiger partial charge >= 0.3 is 0 Å². The molecule has 138 valence electrons. The van der Waals surface area contributed by atoms with Gasteiger partial charge in [0.2, 0.25) is 11.8 Å². The Morgan fingerprint density at radius 1 is 1.28 bits per heavy atom. The van der Waals surface area contributed by atoms with Crippen molar-refractivity contribution in [1.29, 1.82) is 0 Å². The van der Waals surface area contributed by atoms with Crippen molar-refractivity contribution >= 4 is 11.8 Å². The number of nitrogens with one attached hydrogen (secondary N) is 1. The first-order valence-electron chi connectivity index (χ1n) is 9.24. The van der Waals surface area contributed by atoms with Gasteiger partial charge in [0.15, 0.2) is 0 Å². The molecule has 1 aliphatic heterocycles. The lowest BCUT2D eigenvalue weighted by atomic mass is 10.0. The summed E-state index contributed by atoms with van der Waals surface area (Å²) in [6.07, 6.45) is 3.01. The summed E-state index contributed by atoms with van der Waals surface area (Å²) in [6.45, 7) is 5.30. The standard InChI is InChI=1S/C20H31N3O2/c1-5-7-19(24)23-13-6-8-17(23)20(25)21-14-18(22(3)4)16-11-9-15(2)10-12-16/h9-12,17-18H,5-8,13-14H2,1-4H3,(H,21,25)/t17-,18+/m1/s1. The molecule has 2 rings (SSSR count). The van der Waals surface area contributed by atoms with Crippen molar-refractivity contribution in [2.24, 2.45) is 0 Å². The number of likely N-dealkylation sites (tertiary alicyclic amines) is 1. The van der Waals surface area contributed by atoms with Crippen LogP contribution in [-0.2, 0) is 9.59 Å². The van der Waals surface area contributed by atoms with Crippen LogP contribution in [-0.4, -0.2) is 54.8 Å². The molecule has 2 amide bonds. The smallest absolute Gasteiger partial charge is 0.242 e. The van der Waals surface area contributed by atoms with E-state index >= 15 is 0 Å². The number of benzene rings is 1. The Hall–Kier alpha value is -1.88. The highest BCUT2D eigenvalue weighted by atomic mass is 16.2. The van der Waals surface area contributed by atoms with Crippen molar-refractivity contribution in [2.75, 3.05) is 27.2 Å². The normalized spacial score (nSPS) is 18.4. The number of hydrogen-bond donors (Lipinski definition) is 1. The Morgan fingerprint density at radius 3 is 2.56 bits per heavy atom. The molecule has 2 atom stereocenters. The third-order valence-corrected chi connectivity index (χ3v) is 4.89. The molecule has 1 N–H and O–H groups in total. The number of carbonyl (C=O) groups is 2. The van der Waals surface area contributed by atoms with E-state index in [1.54, 1.807) is 4.90 Å². The van der Waals surface area contributed by atoms with Crippen LogP contribution in [0.15, 0.2) is 24.3 Å². The fourth-order valence-electron chi connectivity index (χ4n) is 3.40. The number of hydrogen-bond acceptors (Lipinski definition) is 3. The third kappa shape index (κ3) is 5.05. The van der Waals surface area contributed by atoms with E-state index < -0.39 is 0 Å². The zero-order chi connectivity index (χ0) is 18.4. The number of carbonyl (C=O) groups excluding carboxylic acids is 2. The lowest BCUT2D eigenvalue weighted by Crippen LogP contribution is -2.47. The van der Waals surface area contributed by atoms with E-state index in [9.17, 15) is 9.59 Å². The summed E-state index contributed by atoms with van der Waals surface area (Å²) in [5.41, 5.74) is 2.41. The predicted molar refractivity (Wildman–Crippen MR) is 100 cm³/mol. The van der Waals surface area contributed by atoms with Gasteiger partial charge in [-0.25, -0.2) is 0 Å². The van der Waals surface area contributed by atoms with E-state index in [0.717, 1.165) is 19.3 Å². The van der Waals surface area contributed by atoms with Gasteiger partial charge in [0.1, 0.15) is 6.04 Å². The SMILES string of the molecule is CCCC(=O)N1CCC[C@@H]1C(=O)NC[C@@H](c1ccc(C)cc1)N(C)C. The maximum Gasteiger partial charge on any atom is 0.242 e. The number of likely N-dealkylation sites (N-methyl/N-ethyl adjacent to an activating group) is 1. The predicted octanol–water partition coefficient (Wildman–Crippen LogP) is 2.51. The van der Waals surface area contributed by atoms with Gasteiger partial charge in [-0.1, -0.05) is 36.8 Å². The minimum atomic E-state index is -0.306. The van der Waals surface area contributed by atoms with Crippen LogP contribution in [0.2, 0.25) is 0 Å². The summed E-state index contributed by atoms with van der Waals surface area (Å²) in [4.78, 5) is 28.7. The summed E-state index contributed by atoms with van der Waals surface area (Å²) < 4.78 is 0.